The van der Waals surface area contributed by atoms with Crippen molar-refractivity contribution in [3.63, 3.8) is 0 Å². The molecule has 116 valence electrons. The van der Waals surface area contributed by atoms with Crippen LogP contribution in [0.5, 0.6) is 5.75 Å². The zero-order valence-corrected chi connectivity index (χ0v) is 12.9. The van der Waals surface area contributed by atoms with Crippen LogP contribution in [0.3, 0.4) is 0 Å². The molecule has 0 radical (unpaired) electrons. The van der Waals surface area contributed by atoms with Gasteiger partial charge in [-0.2, -0.15) is 0 Å². The highest BCUT2D eigenvalue weighted by atomic mass is 16.5. The van der Waals surface area contributed by atoms with Gasteiger partial charge in [0.05, 0.1) is 12.3 Å². The second-order valence-corrected chi connectivity index (χ2v) is 5.51. The van der Waals surface area contributed by atoms with E-state index in [0.717, 1.165) is 32.5 Å². The number of hydrogen-bond donors (Lipinski definition) is 2. The number of ether oxygens (including phenoxy) is 1. The fourth-order valence-corrected chi connectivity index (χ4v) is 2.52. The van der Waals surface area contributed by atoms with Gasteiger partial charge >= 0.3 is 6.03 Å². The van der Waals surface area contributed by atoms with Crippen molar-refractivity contribution in [1.82, 2.24) is 10.2 Å². The van der Waals surface area contributed by atoms with E-state index < -0.39 is 0 Å². The van der Waals surface area contributed by atoms with Crippen LogP contribution in [0.15, 0.2) is 24.3 Å². The summed E-state index contributed by atoms with van der Waals surface area (Å²) < 4.78 is 5.50. The van der Waals surface area contributed by atoms with Crippen molar-refractivity contribution in [3.05, 3.63) is 24.3 Å². The Morgan fingerprint density at radius 2 is 2.05 bits per heavy atom. The van der Waals surface area contributed by atoms with E-state index >= 15 is 0 Å². The van der Waals surface area contributed by atoms with Crippen molar-refractivity contribution in [2.45, 2.75) is 19.8 Å². The maximum absolute atomic E-state index is 12.0. The molecule has 0 saturated carbocycles. The fraction of sp³-hybridized carbons (Fsp3) is 0.562. The van der Waals surface area contributed by atoms with Gasteiger partial charge in [-0.25, -0.2) is 4.79 Å². The predicted octanol–water partition coefficient (Wildman–Crippen LogP) is 2.55. The molecule has 0 bridgehead atoms. The number of carbonyl (C=O) groups excluding carboxylic acids is 1. The van der Waals surface area contributed by atoms with Crippen LogP contribution < -0.4 is 15.4 Å². The van der Waals surface area contributed by atoms with Crippen LogP contribution in [-0.4, -0.2) is 44.2 Å². The van der Waals surface area contributed by atoms with E-state index in [1.807, 2.05) is 31.2 Å². The zero-order valence-electron chi connectivity index (χ0n) is 12.9. The van der Waals surface area contributed by atoms with Crippen LogP contribution in [0.25, 0.3) is 0 Å². The number of para-hydroxylation sites is 2. The first-order valence-corrected chi connectivity index (χ1v) is 7.64. The molecule has 1 aromatic rings. The number of likely N-dealkylation sites (tertiary alicyclic amines) is 1. The Hall–Kier alpha value is -1.75. The third-order valence-electron chi connectivity index (χ3n) is 3.82. The third kappa shape index (κ3) is 4.93. The summed E-state index contributed by atoms with van der Waals surface area (Å²) in [5.74, 6) is 1.28. The topological polar surface area (TPSA) is 53.6 Å². The molecule has 5 heteroatoms. The van der Waals surface area contributed by atoms with Gasteiger partial charge in [-0.3, -0.25) is 0 Å². The minimum atomic E-state index is -0.166. The van der Waals surface area contributed by atoms with E-state index in [1.165, 1.54) is 0 Å². The van der Waals surface area contributed by atoms with E-state index in [2.05, 4.69) is 22.6 Å². The summed E-state index contributed by atoms with van der Waals surface area (Å²) in [6.45, 7) is 5.46. The first-order chi connectivity index (χ1) is 10.2. The number of rotatable bonds is 5. The number of hydrogen-bond acceptors (Lipinski definition) is 3. The van der Waals surface area contributed by atoms with Crippen LogP contribution in [0.1, 0.15) is 19.8 Å². The summed E-state index contributed by atoms with van der Waals surface area (Å²) >= 11 is 0. The molecule has 1 fully saturated rings. The molecule has 5 nitrogen and oxygen atoms in total. The number of anilines is 1. The van der Waals surface area contributed by atoms with Gasteiger partial charge in [-0.05, 0) is 58.0 Å². The summed E-state index contributed by atoms with van der Waals surface area (Å²) in [4.78, 5) is 14.3. The number of nitrogens with one attached hydrogen (secondary N) is 2. The number of nitrogens with zero attached hydrogens (tertiary/aromatic N) is 1. The average molecular weight is 291 g/mol. The van der Waals surface area contributed by atoms with Crippen molar-refractivity contribution in [3.8, 4) is 5.75 Å². The van der Waals surface area contributed by atoms with Crippen LogP contribution in [0.2, 0.25) is 0 Å². The Bertz CT molecular complexity index is 457. The van der Waals surface area contributed by atoms with Crippen LogP contribution in [0.4, 0.5) is 10.5 Å². The maximum atomic E-state index is 12.0. The highest BCUT2D eigenvalue weighted by Crippen LogP contribution is 2.23. The second-order valence-electron chi connectivity index (χ2n) is 5.51. The highest BCUT2D eigenvalue weighted by Gasteiger charge is 2.17. The molecule has 0 spiro atoms. The number of urea groups is 1. The first kappa shape index (κ1) is 15.6. The molecular formula is C16H25N3O2. The standard InChI is InChI=1S/C16H25N3O2/c1-3-21-15-7-5-4-6-14(15)18-16(20)17-12-13-8-10-19(2)11-9-13/h4-7,13H,3,8-12H2,1-2H3,(H2,17,18,20). The molecule has 1 aliphatic rings. The van der Waals surface area contributed by atoms with Crippen molar-refractivity contribution in [2.75, 3.05) is 38.6 Å². The number of benzene rings is 1. The Labute approximate surface area is 126 Å². The van der Waals surface area contributed by atoms with Gasteiger partial charge in [0.2, 0.25) is 0 Å². The van der Waals surface area contributed by atoms with Gasteiger partial charge in [0.25, 0.3) is 0 Å². The van der Waals surface area contributed by atoms with Gasteiger partial charge in [0, 0.05) is 6.54 Å². The summed E-state index contributed by atoms with van der Waals surface area (Å²) in [5.41, 5.74) is 0.709. The van der Waals surface area contributed by atoms with Crippen molar-refractivity contribution < 1.29 is 9.53 Å². The molecule has 2 N–H and O–H groups in total. The first-order valence-electron chi connectivity index (χ1n) is 7.64. The number of carbonyl (C=O) groups is 1. The molecule has 21 heavy (non-hydrogen) atoms. The predicted molar refractivity (Wildman–Crippen MR) is 84.9 cm³/mol. The molecular weight excluding hydrogens is 266 g/mol. The fourth-order valence-electron chi connectivity index (χ4n) is 2.52. The normalized spacial score (nSPS) is 16.5. The molecule has 2 amide bonds. The lowest BCUT2D eigenvalue weighted by molar-refractivity contribution is 0.213. The smallest absolute Gasteiger partial charge is 0.319 e. The molecule has 2 rings (SSSR count). The molecule has 0 aliphatic carbocycles. The molecule has 0 unspecified atom stereocenters. The minimum absolute atomic E-state index is 0.166. The monoisotopic (exact) mass is 291 g/mol. The van der Waals surface area contributed by atoms with Gasteiger partial charge in [-0.1, -0.05) is 12.1 Å². The number of amides is 2. The summed E-state index contributed by atoms with van der Waals surface area (Å²) in [6.07, 6.45) is 2.29. The van der Waals surface area contributed by atoms with E-state index in [0.29, 0.717) is 24.0 Å². The minimum Gasteiger partial charge on any atom is -0.492 e. The summed E-state index contributed by atoms with van der Waals surface area (Å²) in [6, 6.07) is 7.32. The largest absolute Gasteiger partial charge is 0.492 e. The van der Waals surface area contributed by atoms with Crippen LogP contribution in [-0.2, 0) is 0 Å². The lowest BCUT2D eigenvalue weighted by Crippen LogP contribution is -2.38. The lowest BCUT2D eigenvalue weighted by atomic mass is 9.97. The number of piperidine rings is 1. The SMILES string of the molecule is CCOc1ccccc1NC(=O)NCC1CCN(C)CC1. The summed E-state index contributed by atoms with van der Waals surface area (Å²) in [5, 5.41) is 5.82. The molecule has 1 heterocycles. The van der Waals surface area contributed by atoms with Crippen molar-refractivity contribution in [1.29, 1.82) is 0 Å². The molecule has 1 aliphatic heterocycles. The Balaban J connectivity index is 1.79. The van der Waals surface area contributed by atoms with Gasteiger partial charge in [-0.15, -0.1) is 0 Å². The van der Waals surface area contributed by atoms with Crippen molar-refractivity contribution >= 4 is 11.7 Å². The molecule has 0 atom stereocenters. The van der Waals surface area contributed by atoms with Crippen LogP contribution in [0, 0.1) is 5.92 Å². The lowest BCUT2D eigenvalue weighted by Gasteiger charge is -2.28. The Morgan fingerprint density at radius 3 is 2.76 bits per heavy atom. The van der Waals surface area contributed by atoms with Crippen LogP contribution >= 0.6 is 0 Å². The van der Waals surface area contributed by atoms with E-state index in [4.69, 9.17) is 4.74 Å². The zero-order chi connectivity index (χ0) is 15.1. The highest BCUT2D eigenvalue weighted by molar-refractivity contribution is 5.90. The maximum Gasteiger partial charge on any atom is 0.319 e. The quantitative estimate of drug-likeness (QED) is 0.876. The van der Waals surface area contributed by atoms with Gasteiger partial charge in [0.15, 0.2) is 0 Å². The van der Waals surface area contributed by atoms with Gasteiger partial charge < -0.3 is 20.3 Å². The van der Waals surface area contributed by atoms with E-state index in [9.17, 15) is 4.79 Å². The van der Waals surface area contributed by atoms with E-state index in [-0.39, 0.29) is 6.03 Å². The Kier molecular flexibility index (Phi) is 5.87. The average Bonchev–Trinajstić information content (AvgIpc) is 2.49. The third-order valence-corrected chi connectivity index (χ3v) is 3.82. The molecule has 1 aromatic carbocycles. The summed E-state index contributed by atoms with van der Waals surface area (Å²) in [7, 11) is 2.14. The van der Waals surface area contributed by atoms with Gasteiger partial charge in [0.1, 0.15) is 5.75 Å². The molecule has 0 aromatic heterocycles. The Morgan fingerprint density at radius 1 is 1.33 bits per heavy atom. The molecule has 1 saturated heterocycles. The van der Waals surface area contributed by atoms with Crippen molar-refractivity contribution in [2.24, 2.45) is 5.92 Å². The second kappa shape index (κ2) is 7.88. The van der Waals surface area contributed by atoms with E-state index in [1.54, 1.807) is 0 Å².